The number of aliphatic hydroxyl groups excluding tert-OH is 1. The number of guanidine groups is 1. The van der Waals surface area contributed by atoms with Crippen molar-refractivity contribution in [2.75, 3.05) is 52.5 Å². The largest absolute Gasteiger partial charge is 0.396 e. The number of likely N-dealkylation sites (tertiary alicyclic amines) is 1. The number of hydrogen-bond acceptors (Lipinski definition) is 6. The standard InChI is InChI=1S/C21H37N5O2S/c1-3-22-20(24-15-21(6-10-27)7-11-28-16-21)23-12-18-4-8-26(9-5-18)13-19-14-29-17(2)25-19/h14,18,27H,3-13,15-16H2,1-2H3,(H2,22,23,24). The van der Waals surface area contributed by atoms with Gasteiger partial charge in [0, 0.05) is 43.6 Å². The third-order valence-corrected chi connectivity index (χ3v) is 6.88. The lowest BCUT2D eigenvalue weighted by Gasteiger charge is -2.32. The van der Waals surface area contributed by atoms with E-state index >= 15 is 0 Å². The van der Waals surface area contributed by atoms with Gasteiger partial charge in [-0.2, -0.15) is 0 Å². The SMILES string of the molecule is CCNC(=NCC1(CCO)CCOC1)NCC1CCN(Cc2csc(C)n2)CC1. The smallest absolute Gasteiger partial charge is 0.191 e. The Balaban J connectivity index is 1.43. The molecule has 2 fully saturated rings. The van der Waals surface area contributed by atoms with Gasteiger partial charge in [-0.1, -0.05) is 0 Å². The van der Waals surface area contributed by atoms with E-state index in [0.717, 1.165) is 63.1 Å². The minimum absolute atomic E-state index is 0.00349. The Labute approximate surface area is 179 Å². The molecule has 1 unspecified atom stereocenters. The summed E-state index contributed by atoms with van der Waals surface area (Å²) in [4.78, 5) is 11.9. The highest BCUT2D eigenvalue weighted by atomic mass is 32.1. The monoisotopic (exact) mass is 423 g/mol. The summed E-state index contributed by atoms with van der Waals surface area (Å²) < 4.78 is 5.58. The fourth-order valence-corrected chi connectivity index (χ4v) is 4.78. The molecule has 2 aliphatic rings. The van der Waals surface area contributed by atoms with Crippen molar-refractivity contribution in [3.8, 4) is 0 Å². The Bertz CT molecular complexity index is 637. The van der Waals surface area contributed by atoms with Crippen LogP contribution in [0.5, 0.6) is 0 Å². The summed E-state index contributed by atoms with van der Waals surface area (Å²) in [6, 6.07) is 0. The number of piperidine rings is 1. The summed E-state index contributed by atoms with van der Waals surface area (Å²) in [5.41, 5.74) is 1.20. The van der Waals surface area contributed by atoms with Crippen LogP contribution >= 0.6 is 11.3 Å². The zero-order chi connectivity index (χ0) is 20.5. The second-order valence-electron chi connectivity index (χ2n) is 8.43. The number of hydrogen-bond donors (Lipinski definition) is 3. The van der Waals surface area contributed by atoms with E-state index in [0.29, 0.717) is 19.1 Å². The summed E-state index contributed by atoms with van der Waals surface area (Å²) in [5.74, 6) is 1.56. The molecule has 0 aliphatic carbocycles. The summed E-state index contributed by atoms with van der Waals surface area (Å²) in [5, 5.41) is 19.7. The molecule has 8 heteroatoms. The van der Waals surface area contributed by atoms with Crippen LogP contribution in [0, 0.1) is 18.3 Å². The van der Waals surface area contributed by atoms with E-state index in [4.69, 9.17) is 9.73 Å². The molecule has 29 heavy (non-hydrogen) atoms. The van der Waals surface area contributed by atoms with Crippen molar-refractivity contribution >= 4 is 17.3 Å². The number of thiazole rings is 1. The van der Waals surface area contributed by atoms with Crippen LogP contribution in [0.3, 0.4) is 0 Å². The first-order valence-electron chi connectivity index (χ1n) is 11.0. The first-order chi connectivity index (χ1) is 14.1. The van der Waals surface area contributed by atoms with Crippen molar-refractivity contribution in [3.63, 3.8) is 0 Å². The van der Waals surface area contributed by atoms with Crippen molar-refractivity contribution in [1.29, 1.82) is 0 Å². The molecule has 0 radical (unpaired) electrons. The lowest BCUT2D eigenvalue weighted by Crippen LogP contribution is -2.43. The Hall–Kier alpha value is -1.22. The molecular weight excluding hydrogens is 386 g/mol. The van der Waals surface area contributed by atoms with Gasteiger partial charge in [0.2, 0.25) is 0 Å². The number of ether oxygens (including phenoxy) is 1. The Morgan fingerprint density at radius 3 is 2.86 bits per heavy atom. The minimum Gasteiger partial charge on any atom is -0.396 e. The summed E-state index contributed by atoms with van der Waals surface area (Å²) in [7, 11) is 0. The Morgan fingerprint density at radius 1 is 1.41 bits per heavy atom. The molecule has 3 rings (SSSR count). The maximum atomic E-state index is 9.41. The zero-order valence-corrected chi connectivity index (χ0v) is 18.8. The van der Waals surface area contributed by atoms with Crippen LogP contribution in [0.2, 0.25) is 0 Å². The number of aliphatic hydroxyl groups is 1. The molecule has 1 atom stereocenters. The highest BCUT2D eigenvalue weighted by Crippen LogP contribution is 2.32. The number of aryl methyl sites for hydroxylation is 1. The molecule has 0 saturated carbocycles. The highest BCUT2D eigenvalue weighted by molar-refractivity contribution is 7.09. The van der Waals surface area contributed by atoms with E-state index in [-0.39, 0.29) is 12.0 Å². The van der Waals surface area contributed by atoms with Crippen LogP contribution in [0.1, 0.15) is 43.3 Å². The predicted octanol–water partition coefficient (Wildman–Crippen LogP) is 2.01. The maximum Gasteiger partial charge on any atom is 0.191 e. The van der Waals surface area contributed by atoms with Gasteiger partial charge >= 0.3 is 0 Å². The van der Waals surface area contributed by atoms with Crippen LogP contribution in [0.4, 0.5) is 0 Å². The molecule has 2 aliphatic heterocycles. The summed E-state index contributed by atoms with van der Waals surface area (Å²) in [6.45, 7) is 11.6. The first kappa shape index (κ1) is 22.5. The van der Waals surface area contributed by atoms with Gasteiger partial charge in [-0.05, 0) is 58.5 Å². The summed E-state index contributed by atoms with van der Waals surface area (Å²) in [6.07, 6.45) is 4.15. The molecule has 0 amide bonds. The first-order valence-corrected chi connectivity index (χ1v) is 11.8. The van der Waals surface area contributed by atoms with E-state index in [1.165, 1.54) is 18.5 Å². The third-order valence-electron chi connectivity index (χ3n) is 6.06. The third kappa shape index (κ3) is 6.91. The van der Waals surface area contributed by atoms with Crippen LogP contribution in [0.25, 0.3) is 0 Å². The molecule has 2 saturated heterocycles. The van der Waals surface area contributed by atoms with Gasteiger partial charge in [0.1, 0.15) is 0 Å². The van der Waals surface area contributed by atoms with Crippen molar-refractivity contribution in [2.24, 2.45) is 16.3 Å². The Morgan fingerprint density at radius 2 is 2.24 bits per heavy atom. The topological polar surface area (TPSA) is 82.0 Å². The van der Waals surface area contributed by atoms with Gasteiger partial charge in [0.25, 0.3) is 0 Å². The number of nitrogens with one attached hydrogen (secondary N) is 2. The van der Waals surface area contributed by atoms with Crippen molar-refractivity contribution in [3.05, 3.63) is 16.1 Å². The quantitative estimate of drug-likeness (QED) is 0.416. The normalized spacial score (nSPS) is 24.2. The fraction of sp³-hybridized carbons (Fsp3) is 0.810. The fourth-order valence-electron chi connectivity index (χ4n) is 4.18. The molecular formula is C21H37N5O2S. The van der Waals surface area contributed by atoms with Crippen LogP contribution in [-0.4, -0.2) is 73.5 Å². The van der Waals surface area contributed by atoms with Gasteiger partial charge in [-0.3, -0.25) is 9.89 Å². The van der Waals surface area contributed by atoms with Crippen molar-refractivity contribution < 1.29 is 9.84 Å². The molecule has 0 bridgehead atoms. The molecule has 1 aromatic rings. The van der Waals surface area contributed by atoms with Crippen LogP contribution in [0.15, 0.2) is 10.4 Å². The van der Waals surface area contributed by atoms with Gasteiger partial charge in [0.15, 0.2) is 5.96 Å². The van der Waals surface area contributed by atoms with E-state index in [1.54, 1.807) is 11.3 Å². The summed E-state index contributed by atoms with van der Waals surface area (Å²) >= 11 is 1.74. The van der Waals surface area contributed by atoms with Crippen molar-refractivity contribution in [1.82, 2.24) is 20.5 Å². The van der Waals surface area contributed by atoms with E-state index in [2.05, 4.69) is 39.7 Å². The molecule has 1 aromatic heterocycles. The number of nitrogens with zero attached hydrogens (tertiary/aromatic N) is 3. The van der Waals surface area contributed by atoms with E-state index in [1.807, 2.05) is 0 Å². The molecule has 0 spiro atoms. The second-order valence-corrected chi connectivity index (χ2v) is 9.49. The second kappa shape index (κ2) is 11.2. The maximum absolute atomic E-state index is 9.41. The predicted molar refractivity (Wildman–Crippen MR) is 118 cm³/mol. The van der Waals surface area contributed by atoms with Crippen LogP contribution < -0.4 is 10.6 Å². The number of aromatic nitrogens is 1. The zero-order valence-electron chi connectivity index (χ0n) is 18.0. The van der Waals surface area contributed by atoms with Crippen molar-refractivity contribution in [2.45, 2.75) is 46.1 Å². The van der Waals surface area contributed by atoms with Gasteiger partial charge in [-0.25, -0.2) is 4.98 Å². The van der Waals surface area contributed by atoms with Gasteiger partial charge in [-0.15, -0.1) is 11.3 Å². The highest BCUT2D eigenvalue weighted by Gasteiger charge is 2.34. The average Bonchev–Trinajstić information content (AvgIpc) is 3.35. The Kier molecular flexibility index (Phi) is 8.71. The molecule has 3 N–H and O–H groups in total. The molecule has 7 nitrogen and oxygen atoms in total. The average molecular weight is 424 g/mol. The minimum atomic E-state index is -0.00349. The molecule has 0 aromatic carbocycles. The van der Waals surface area contributed by atoms with E-state index < -0.39 is 0 Å². The van der Waals surface area contributed by atoms with Gasteiger partial charge < -0.3 is 20.5 Å². The van der Waals surface area contributed by atoms with Gasteiger partial charge in [0.05, 0.1) is 23.9 Å². The number of rotatable bonds is 9. The lowest BCUT2D eigenvalue weighted by molar-refractivity contribution is 0.131. The molecule has 164 valence electrons. The van der Waals surface area contributed by atoms with Crippen LogP contribution in [-0.2, 0) is 11.3 Å². The van der Waals surface area contributed by atoms with E-state index in [9.17, 15) is 5.11 Å². The molecule has 3 heterocycles. The number of aliphatic imine (C=N–C) groups is 1. The lowest BCUT2D eigenvalue weighted by atomic mass is 9.84.